The summed E-state index contributed by atoms with van der Waals surface area (Å²) < 4.78 is 26.0. The maximum absolute atomic E-state index is 13.0. The molecule has 0 saturated heterocycles. The number of hydrogen-bond donors (Lipinski definition) is 2. The Hall–Kier alpha value is -2.14. The van der Waals surface area contributed by atoms with Gasteiger partial charge in [-0.25, -0.2) is 8.78 Å². The Morgan fingerprint density at radius 2 is 1.89 bits per heavy atom. The molecule has 0 unspecified atom stereocenters. The number of carbonyl (C=O) groups excluding carboxylic acids is 1. The van der Waals surface area contributed by atoms with Gasteiger partial charge in [0.05, 0.1) is 16.4 Å². The van der Waals surface area contributed by atoms with E-state index in [4.69, 9.17) is 17.3 Å². The second-order valence-corrected chi connectivity index (χ2v) is 4.22. The van der Waals surface area contributed by atoms with Crippen molar-refractivity contribution in [3.8, 4) is 0 Å². The molecule has 0 atom stereocenters. The lowest BCUT2D eigenvalue weighted by molar-refractivity contribution is 0.102. The molecule has 98 valence electrons. The van der Waals surface area contributed by atoms with Gasteiger partial charge in [-0.05, 0) is 36.4 Å². The van der Waals surface area contributed by atoms with Crippen molar-refractivity contribution in [3.63, 3.8) is 0 Å². The topological polar surface area (TPSA) is 55.1 Å². The monoisotopic (exact) mass is 282 g/mol. The minimum Gasteiger partial charge on any atom is -0.396 e. The minimum atomic E-state index is -0.611. The Balaban J connectivity index is 2.25. The van der Waals surface area contributed by atoms with Crippen LogP contribution in [0.2, 0.25) is 5.02 Å². The highest BCUT2D eigenvalue weighted by molar-refractivity contribution is 6.33. The Morgan fingerprint density at radius 1 is 1.16 bits per heavy atom. The van der Waals surface area contributed by atoms with E-state index in [0.717, 1.165) is 12.1 Å². The molecule has 3 nitrogen and oxygen atoms in total. The van der Waals surface area contributed by atoms with E-state index in [1.807, 2.05) is 0 Å². The van der Waals surface area contributed by atoms with Crippen LogP contribution in [0.3, 0.4) is 0 Å². The van der Waals surface area contributed by atoms with E-state index in [2.05, 4.69) is 5.32 Å². The average Bonchev–Trinajstić information content (AvgIpc) is 2.37. The third-order valence-corrected chi connectivity index (χ3v) is 2.76. The van der Waals surface area contributed by atoms with Gasteiger partial charge in [0, 0.05) is 5.56 Å². The zero-order valence-electron chi connectivity index (χ0n) is 9.58. The van der Waals surface area contributed by atoms with Gasteiger partial charge in [0.15, 0.2) is 0 Å². The lowest BCUT2D eigenvalue weighted by atomic mass is 10.1. The summed E-state index contributed by atoms with van der Waals surface area (Å²) >= 11 is 5.82. The summed E-state index contributed by atoms with van der Waals surface area (Å²) in [5.74, 6) is -1.70. The first kappa shape index (κ1) is 13.3. The Labute approximate surface area is 113 Å². The summed E-state index contributed by atoms with van der Waals surface area (Å²) in [6.45, 7) is 0. The number of carbonyl (C=O) groups is 1. The molecule has 0 aliphatic heterocycles. The molecule has 2 aromatic carbocycles. The van der Waals surface area contributed by atoms with Gasteiger partial charge in [-0.15, -0.1) is 0 Å². The van der Waals surface area contributed by atoms with Crippen LogP contribution in [0.5, 0.6) is 0 Å². The number of hydrogen-bond acceptors (Lipinski definition) is 2. The molecule has 0 bridgehead atoms. The summed E-state index contributed by atoms with van der Waals surface area (Å²) in [7, 11) is 0. The van der Waals surface area contributed by atoms with Crippen molar-refractivity contribution in [3.05, 3.63) is 58.6 Å². The predicted molar refractivity (Wildman–Crippen MR) is 70.2 cm³/mol. The molecule has 0 radical (unpaired) electrons. The van der Waals surface area contributed by atoms with Crippen LogP contribution in [0.1, 0.15) is 10.4 Å². The van der Waals surface area contributed by atoms with E-state index in [1.165, 1.54) is 24.3 Å². The van der Waals surface area contributed by atoms with Crippen LogP contribution in [0.25, 0.3) is 0 Å². The van der Waals surface area contributed by atoms with Gasteiger partial charge >= 0.3 is 0 Å². The number of amides is 1. The third kappa shape index (κ3) is 3.00. The zero-order valence-corrected chi connectivity index (χ0v) is 10.3. The lowest BCUT2D eigenvalue weighted by Crippen LogP contribution is -2.13. The third-order valence-electron chi connectivity index (χ3n) is 2.43. The van der Waals surface area contributed by atoms with Crippen LogP contribution in [-0.4, -0.2) is 5.91 Å². The predicted octanol–water partition coefficient (Wildman–Crippen LogP) is 3.45. The number of halogens is 3. The molecular weight excluding hydrogens is 274 g/mol. The van der Waals surface area contributed by atoms with E-state index in [0.29, 0.717) is 0 Å². The van der Waals surface area contributed by atoms with Crippen molar-refractivity contribution in [1.82, 2.24) is 0 Å². The molecule has 2 aromatic rings. The molecule has 0 saturated carbocycles. The van der Waals surface area contributed by atoms with Crippen molar-refractivity contribution in [2.45, 2.75) is 0 Å². The van der Waals surface area contributed by atoms with Gasteiger partial charge in [0.1, 0.15) is 11.6 Å². The quantitative estimate of drug-likeness (QED) is 0.829. The normalized spacial score (nSPS) is 10.3. The second-order valence-electron chi connectivity index (χ2n) is 3.81. The molecule has 0 aliphatic carbocycles. The molecule has 0 fully saturated rings. The molecule has 0 aromatic heterocycles. The fraction of sp³-hybridized carbons (Fsp3) is 0. The molecule has 0 heterocycles. The van der Waals surface area contributed by atoms with E-state index >= 15 is 0 Å². The largest absolute Gasteiger partial charge is 0.396 e. The molecule has 0 spiro atoms. The molecule has 0 aliphatic rings. The fourth-order valence-electron chi connectivity index (χ4n) is 1.47. The number of benzene rings is 2. The van der Waals surface area contributed by atoms with Gasteiger partial charge < -0.3 is 11.1 Å². The lowest BCUT2D eigenvalue weighted by Gasteiger charge is -2.08. The Bertz CT molecular complexity index is 647. The van der Waals surface area contributed by atoms with Gasteiger partial charge in [-0.3, -0.25) is 4.79 Å². The standard InChI is InChI=1S/C13H9ClF2N2O/c14-9-3-2-8(15)6-12(9)18-13(19)7-1-4-10(16)11(17)5-7/h1-6H,17H2,(H,18,19). The zero-order chi connectivity index (χ0) is 14.0. The van der Waals surface area contributed by atoms with Gasteiger partial charge in [0.25, 0.3) is 5.91 Å². The van der Waals surface area contributed by atoms with Crippen LogP contribution in [0.4, 0.5) is 20.2 Å². The highest BCUT2D eigenvalue weighted by atomic mass is 35.5. The first-order chi connectivity index (χ1) is 8.97. The Morgan fingerprint density at radius 3 is 2.58 bits per heavy atom. The summed E-state index contributed by atoms with van der Waals surface area (Å²) in [6.07, 6.45) is 0. The number of nitrogens with two attached hydrogens (primary N) is 1. The fourth-order valence-corrected chi connectivity index (χ4v) is 1.64. The average molecular weight is 283 g/mol. The highest BCUT2D eigenvalue weighted by Crippen LogP contribution is 2.23. The summed E-state index contributed by atoms with van der Waals surface area (Å²) in [6, 6.07) is 7.13. The van der Waals surface area contributed by atoms with Crippen molar-refractivity contribution in [1.29, 1.82) is 0 Å². The van der Waals surface area contributed by atoms with E-state index in [9.17, 15) is 13.6 Å². The van der Waals surface area contributed by atoms with Gasteiger partial charge in [-0.2, -0.15) is 0 Å². The number of nitrogens with one attached hydrogen (secondary N) is 1. The Kier molecular flexibility index (Phi) is 3.66. The first-order valence-electron chi connectivity index (χ1n) is 5.29. The van der Waals surface area contributed by atoms with Crippen molar-refractivity contribution >= 4 is 28.9 Å². The van der Waals surface area contributed by atoms with Crippen molar-refractivity contribution in [2.75, 3.05) is 11.1 Å². The molecule has 3 N–H and O–H groups in total. The second kappa shape index (κ2) is 5.24. The minimum absolute atomic E-state index is 0.134. The van der Waals surface area contributed by atoms with Gasteiger partial charge in [-0.1, -0.05) is 11.6 Å². The summed E-state index contributed by atoms with van der Waals surface area (Å²) in [5.41, 5.74) is 5.51. The SMILES string of the molecule is Nc1cc(C(=O)Nc2cc(F)ccc2Cl)ccc1F. The van der Waals surface area contributed by atoms with Gasteiger partial charge in [0.2, 0.25) is 0 Å². The molecule has 19 heavy (non-hydrogen) atoms. The summed E-state index contributed by atoms with van der Waals surface area (Å²) in [5, 5.41) is 2.62. The number of nitrogen functional groups attached to an aromatic ring is 1. The molecule has 6 heteroatoms. The van der Waals surface area contributed by atoms with Crippen molar-refractivity contribution in [2.24, 2.45) is 0 Å². The van der Waals surface area contributed by atoms with Crippen LogP contribution >= 0.6 is 11.6 Å². The van der Waals surface area contributed by atoms with Crippen LogP contribution in [0.15, 0.2) is 36.4 Å². The van der Waals surface area contributed by atoms with Crippen molar-refractivity contribution < 1.29 is 13.6 Å². The van der Waals surface area contributed by atoms with E-state index in [1.54, 1.807) is 0 Å². The van der Waals surface area contributed by atoms with E-state index in [-0.39, 0.29) is 22.0 Å². The smallest absolute Gasteiger partial charge is 0.255 e. The van der Waals surface area contributed by atoms with Crippen LogP contribution in [-0.2, 0) is 0 Å². The summed E-state index contributed by atoms with van der Waals surface area (Å²) in [4.78, 5) is 11.9. The molecule has 2 rings (SSSR count). The maximum atomic E-state index is 13.0. The highest BCUT2D eigenvalue weighted by Gasteiger charge is 2.11. The maximum Gasteiger partial charge on any atom is 0.255 e. The number of anilines is 2. The van der Waals surface area contributed by atoms with Crippen LogP contribution < -0.4 is 11.1 Å². The first-order valence-corrected chi connectivity index (χ1v) is 5.66. The molecular formula is C13H9ClF2N2O. The number of rotatable bonds is 2. The molecule has 1 amide bonds. The van der Waals surface area contributed by atoms with Crippen LogP contribution in [0, 0.1) is 11.6 Å². The van der Waals surface area contributed by atoms with E-state index < -0.39 is 17.5 Å².